The van der Waals surface area contributed by atoms with Crippen molar-refractivity contribution in [2.24, 2.45) is 0 Å². The number of fused-ring (bicyclic) bond motifs is 2. The van der Waals surface area contributed by atoms with Crippen LogP contribution in [0.5, 0.6) is 0 Å². The quantitative estimate of drug-likeness (QED) is 0.501. The summed E-state index contributed by atoms with van der Waals surface area (Å²) in [5, 5.41) is 0. The first-order chi connectivity index (χ1) is 10.4. The van der Waals surface area contributed by atoms with Gasteiger partial charge in [-0.25, -0.2) is 4.39 Å². The maximum atomic E-state index is 13.4. The lowest BCUT2D eigenvalue weighted by Gasteiger charge is -2.23. The van der Waals surface area contributed by atoms with E-state index in [9.17, 15) is 17.6 Å². The zero-order valence-electron chi connectivity index (χ0n) is 11.2. The van der Waals surface area contributed by atoms with Gasteiger partial charge in [-0.05, 0) is 47.0 Å². The van der Waals surface area contributed by atoms with Crippen molar-refractivity contribution in [3.05, 3.63) is 77.6 Å². The largest absolute Gasteiger partial charge is 0.416 e. The Balaban J connectivity index is 2.22. The lowest BCUT2D eigenvalue weighted by Crippen LogP contribution is -2.07. The number of alkyl halides is 3. The van der Waals surface area contributed by atoms with E-state index in [4.69, 9.17) is 0 Å². The van der Waals surface area contributed by atoms with E-state index >= 15 is 0 Å². The molecule has 2 aromatic rings. The van der Waals surface area contributed by atoms with Crippen molar-refractivity contribution in [2.45, 2.75) is 16.0 Å². The normalized spacial score (nSPS) is 15.4. The Hall–Kier alpha value is -2.01. The van der Waals surface area contributed by atoms with Crippen LogP contribution in [0.2, 0.25) is 0 Å². The minimum Gasteiger partial charge on any atom is -0.207 e. The molecule has 0 N–H and O–H groups in total. The average molecular weight is 322 g/mol. The molecule has 0 saturated heterocycles. The van der Waals surface area contributed by atoms with Crippen molar-refractivity contribution in [1.29, 1.82) is 0 Å². The van der Waals surface area contributed by atoms with Gasteiger partial charge < -0.3 is 0 Å². The van der Waals surface area contributed by atoms with Crippen LogP contribution in [0.3, 0.4) is 0 Å². The molecule has 2 aromatic carbocycles. The summed E-state index contributed by atoms with van der Waals surface area (Å²) in [6.45, 7) is 3.61. The van der Waals surface area contributed by atoms with E-state index in [1.807, 2.05) is 0 Å². The molecule has 5 heteroatoms. The van der Waals surface area contributed by atoms with Gasteiger partial charge in [-0.1, -0.05) is 36.6 Å². The van der Waals surface area contributed by atoms with Crippen LogP contribution in [0.4, 0.5) is 17.6 Å². The summed E-state index contributed by atoms with van der Waals surface area (Å²) in [4.78, 5) is 1.35. The van der Waals surface area contributed by atoms with Crippen LogP contribution in [0.25, 0.3) is 5.57 Å². The first-order valence-electron chi connectivity index (χ1n) is 6.42. The molecule has 0 amide bonds. The predicted molar refractivity (Wildman–Crippen MR) is 79.2 cm³/mol. The zero-order chi connectivity index (χ0) is 15.9. The SMILES string of the molecule is C=C/C=C1\c2ccc(F)cc2Sc2ccc(C(F)(F)F)cc21. The van der Waals surface area contributed by atoms with E-state index in [0.717, 1.165) is 12.1 Å². The van der Waals surface area contributed by atoms with Crippen molar-refractivity contribution in [2.75, 3.05) is 0 Å². The lowest BCUT2D eigenvalue weighted by atomic mass is 9.95. The van der Waals surface area contributed by atoms with Crippen LogP contribution < -0.4 is 0 Å². The highest BCUT2D eigenvalue weighted by Gasteiger charge is 2.32. The molecule has 0 unspecified atom stereocenters. The van der Waals surface area contributed by atoms with Gasteiger partial charge in [0, 0.05) is 9.79 Å². The molecule has 1 aliphatic heterocycles. The fraction of sp³-hybridized carbons (Fsp3) is 0.0588. The summed E-state index contributed by atoms with van der Waals surface area (Å²) in [5.74, 6) is -0.375. The second-order valence-corrected chi connectivity index (χ2v) is 5.85. The highest BCUT2D eigenvalue weighted by Crippen LogP contribution is 2.47. The Kier molecular flexibility index (Phi) is 3.60. The number of hydrogen-bond acceptors (Lipinski definition) is 1. The van der Waals surface area contributed by atoms with Gasteiger partial charge in [0.15, 0.2) is 0 Å². The van der Waals surface area contributed by atoms with Gasteiger partial charge in [0.2, 0.25) is 0 Å². The summed E-state index contributed by atoms with van der Waals surface area (Å²) in [6, 6.07) is 7.86. The Bertz CT molecular complexity index is 788. The molecular formula is C17H10F4S. The van der Waals surface area contributed by atoms with E-state index in [1.165, 1.54) is 36.0 Å². The zero-order valence-corrected chi connectivity index (χ0v) is 12.1. The molecule has 22 heavy (non-hydrogen) atoms. The molecule has 112 valence electrons. The fourth-order valence-electron chi connectivity index (χ4n) is 2.37. The number of benzene rings is 2. The molecule has 3 rings (SSSR count). The molecule has 0 bridgehead atoms. The molecule has 0 atom stereocenters. The van der Waals surface area contributed by atoms with Crippen molar-refractivity contribution >= 4 is 17.3 Å². The van der Waals surface area contributed by atoms with Gasteiger partial charge in [0.05, 0.1) is 5.56 Å². The summed E-state index contributed by atoms with van der Waals surface area (Å²) in [7, 11) is 0. The minimum absolute atomic E-state index is 0.375. The molecule has 1 heterocycles. The topological polar surface area (TPSA) is 0 Å². The highest BCUT2D eigenvalue weighted by atomic mass is 32.2. The van der Waals surface area contributed by atoms with E-state index < -0.39 is 11.7 Å². The standard InChI is InChI=1S/C17H10F4S/c1-2-3-12-13-6-5-11(18)9-16(13)22-15-7-4-10(8-14(12)15)17(19,20)21/h2-9H,1H2/b12-3+. The van der Waals surface area contributed by atoms with Crippen LogP contribution >= 0.6 is 11.8 Å². The summed E-state index contributed by atoms with van der Waals surface area (Å²) in [5.41, 5.74) is 1.11. The van der Waals surface area contributed by atoms with E-state index in [2.05, 4.69) is 6.58 Å². The fourth-order valence-corrected chi connectivity index (χ4v) is 3.48. The third kappa shape index (κ3) is 2.57. The van der Waals surface area contributed by atoms with Crippen molar-refractivity contribution in [3.8, 4) is 0 Å². The van der Waals surface area contributed by atoms with Gasteiger partial charge in [0.1, 0.15) is 5.82 Å². The Morgan fingerprint density at radius 2 is 1.73 bits per heavy atom. The number of hydrogen-bond donors (Lipinski definition) is 0. The average Bonchev–Trinajstić information content (AvgIpc) is 2.45. The van der Waals surface area contributed by atoms with E-state index in [-0.39, 0.29) is 5.82 Å². The molecule has 0 radical (unpaired) electrons. The molecule has 0 saturated carbocycles. The summed E-state index contributed by atoms with van der Waals surface area (Å²) in [6.07, 6.45) is -1.24. The van der Waals surface area contributed by atoms with Crippen LogP contribution in [-0.4, -0.2) is 0 Å². The van der Waals surface area contributed by atoms with Gasteiger partial charge in [-0.3, -0.25) is 0 Å². The van der Waals surface area contributed by atoms with Crippen molar-refractivity contribution < 1.29 is 17.6 Å². The van der Waals surface area contributed by atoms with Gasteiger partial charge in [0.25, 0.3) is 0 Å². The predicted octanol–water partition coefficient (Wildman–Crippen LogP) is 5.93. The molecule has 0 aliphatic carbocycles. The molecule has 1 aliphatic rings. The highest BCUT2D eigenvalue weighted by molar-refractivity contribution is 7.99. The monoisotopic (exact) mass is 322 g/mol. The molecule has 0 nitrogen and oxygen atoms in total. The second kappa shape index (κ2) is 5.32. The number of halogens is 4. The van der Waals surface area contributed by atoms with Crippen LogP contribution in [0, 0.1) is 5.82 Å². The first kappa shape index (κ1) is 14.9. The molecule has 0 aromatic heterocycles. The Morgan fingerprint density at radius 1 is 0.955 bits per heavy atom. The minimum atomic E-state index is -4.40. The van der Waals surface area contributed by atoms with E-state index in [0.29, 0.717) is 26.5 Å². The Labute approximate surface area is 129 Å². The molecule has 0 spiro atoms. The van der Waals surface area contributed by atoms with Crippen LogP contribution in [-0.2, 0) is 6.18 Å². The third-order valence-electron chi connectivity index (χ3n) is 3.34. The van der Waals surface area contributed by atoms with Crippen molar-refractivity contribution in [3.63, 3.8) is 0 Å². The van der Waals surface area contributed by atoms with Crippen molar-refractivity contribution in [1.82, 2.24) is 0 Å². The van der Waals surface area contributed by atoms with Gasteiger partial charge in [-0.2, -0.15) is 13.2 Å². The second-order valence-electron chi connectivity index (χ2n) is 4.77. The smallest absolute Gasteiger partial charge is 0.207 e. The van der Waals surface area contributed by atoms with E-state index in [1.54, 1.807) is 12.1 Å². The summed E-state index contributed by atoms with van der Waals surface area (Å²) < 4.78 is 52.2. The van der Waals surface area contributed by atoms with Gasteiger partial charge >= 0.3 is 6.18 Å². The molecule has 0 fully saturated rings. The lowest BCUT2D eigenvalue weighted by molar-refractivity contribution is -0.137. The first-order valence-corrected chi connectivity index (χ1v) is 7.24. The van der Waals surface area contributed by atoms with Crippen LogP contribution in [0.1, 0.15) is 16.7 Å². The number of rotatable bonds is 1. The Morgan fingerprint density at radius 3 is 2.41 bits per heavy atom. The molecular weight excluding hydrogens is 312 g/mol. The summed E-state index contributed by atoms with van der Waals surface area (Å²) >= 11 is 1.26. The maximum absolute atomic E-state index is 13.4. The van der Waals surface area contributed by atoms with Crippen LogP contribution in [0.15, 0.2) is 64.9 Å². The van der Waals surface area contributed by atoms with Gasteiger partial charge in [-0.15, -0.1) is 0 Å². The maximum Gasteiger partial charge on any atom is 0.416 e. The third-order valence-corrected chi connectivity index (χ3v) is 4.47. The number of allylic oxidation sites excluding steroid dienone is 2.